The van der Waals surface area contributed by atoms with Gasteiger partial charge in [-0.2, -0.15) is 0 Å². The van der Waals surface area contributed by atoms with Crippen molar-refractivity contribution in [3.63, 3.8) is 0 Å². The Labute approximate surface area is 117 Å². The quantitative estimate of drug-likeness (QED) is 0.892. The number of aliphatic hydroxyl groups is 1. The molecule has 0 heterocycles. The Kier molecular flexibility index (Phi) is 4.70. The lowest BCUT2D eigenvalue weighted by atomic mass is 10.0. The van der Waals surface area contributed by atoms with Crippen molar-refractivity contribution < 1.29 is 18.7 Å². The highest BCUT2D eigenvalue weighted by atomic mass is 19.1. The summed E-state index contributed by atoms with van der Waals surface area (Å²) in [5.74, 6) is -1.99. The molecular weight excluding hydrogens is 264 g/mol. The maximum Gasteiger partial charge on any atom is 0.226 e. The van der Waals surface area contributed by atoms with Crippen LogP contribution in [0.5, 0.6) is 0 Å². The topological polar surface area (TPSA) is 49.3 Å². The first-order chi connectivity index (χ1) is 9.52. The van der Waals surface area contributed by atoms with Crippen molar-refractivity contribution in [1.82, 2.24) is 5.32 Å². The Balaban J connectivity index is 2.10. The highest BCUT2D eigenvalue weighted by Crippen LogP contribution is 2.27. The van der Waals surface area contributed by atoms with Crippen LogP contribution in [-0.4, -0.2) is 17.1 Å². The first kappa shape index (κ1) is 14.9. The minimum atomic E-state index is -0.663. The van der Waals surface area contributed by atoms with Gasteiger partial charge in [-0.3, -0.25) is 4.79 Å². The van der Waals surface area contributed by atoms with Gasteiger partial charge >= 0.3 is 0 Å². The summed E-state index contributed by atoms with van der Waals surface area (Å²) in [5.41, 5.74) is 0.273. The number of aliphatic hydroxyl groups excluding tert-OH is 1. The molecule has 0 bridgehead atoms. The largest absolute Gasteiger partial charge is 0.392 e. The van der Waals surface area contributed by atoms with Crippen LogP contribution in [0.1, 0.15) is 44.2 Å². The number of rotatable bonds is 4. The lowest BCUT2D eigenvalue weighted by Gasteiger charge is -2.22. The van der Waals surface area contributed by atoms with E-state index in [4.69, 9.17) is 0 Å². The van der Waals surface area contributed by atoms with E-state index in [2.05, 4.69) is 5.32 Å². The predicted octanol–water partition coefficient (Wildman–Crippen LogP) is 2.69. The summed E-state index contributed by atoms with van der Waals surface area (Å²) < 4.78 is 26.7. The van der Waals surface area contributed by atoms with E-state index in [1.54, 1.807) is 0 Å². The molecule has 0 aromatic heterocycles. The van der Waals surface area contributed by atoms with Gasteiger partial charge in [-0.05, 0) is 31.7 Å². The Hall–Kier alpha value is -1.49. The summed E-state index contributed by atoms with van der Waals surface area (Å²) in [7, 11) is 0. The molecule has 1 fully saturated rings. The van der Waals surface area contributed by atoms with Crippen molar-refractivity contribution in [2.24, 2.45) is 5.92 Å². The van der Waals surface area contributed by atoms with Gasteiger partial charge in [0.15, 0.2) is 0 Å². The molecule has 0 spiro atoms. The highest BCUT2D eigenvalue weighted by molar-refractivity contribution is 5.80. The van der Waals surface area contributed by atoms with Gasteiger partial charge in [0.2, 0.25) is 5.91 Å². The van der Waals surface area contributed by atoms with Gasteiger partial charge < -0.3 is 10.4 Å². The first-order valence-corrected chi connectivity index (χ1v) is 6.96. The molecule has 20 heavy (non-hydrogen) atoms. The molecule has 3 atom stereocenters. The van der Waals surface area contributed by atoms with E-state index in [1.807, 2.05) is 6.92 Å². The molecule has 2 rings (SSSR count). The van der Waals surface area contributed by atoms with Crippen molar-refractivity contribution in [1.29, 1.82) is 0 Å². The zero-order chi connectivity index (χ0) is 14.7. The van der Waals surface area contributed by atoms with Crippen LogP contribution in [0.15, 0.2) is 18.2 Å². The Morgan fingerprint density at radius 1 is 1.45 bits per heavy atom. The van der Waals surface area contributed by atoms with E-state index >= 15 is 0 Å². The van der Waals surface area contributed by atoms with Crippen LogP contribution in [0, 0.1) is 17.6 Å². The van der Waals surface area contributed by atoms with Gasteiger partial charge in [-0.1, -0.05) is 13.0 Å². The third kappa shape index (κ3) is 3.15. The zero-order valence-corrected chi connectivity index (χ0v) is 11.4. The SMILES string of the molecule is CCC(NC(=O)C1CCCC1O)c1ccc(F)cc1F. The number of hydrogen-bond donors (Lipinski definition) is 2. The normalized spacial score (nSPS) is 23.6. The molecule has 0 aliphatic heterocycles. The number of nitrogens with one attached hydrogen (secondary N) is 1. The van der Waals surface area contributed by atoms with Crippen LogP contribution in [-0.2, 0) is 4.79 Å². The van der Waals surface area contributed by atoms with E-state index in [9.17, 15) is 18.7 Å². The summed E-state index contributed by atoms with van der Waals surface area (Å²) in [5, 5.41) is 12.5. The van der Waals surface area contributed by atoms with Crippen LogP contribution in [0.2, 0.25) is 0 Å². The number of benzene rings is 1. The first-order valence-electron chi connectivity index (χ1n) is 6.96. The van der Waals surface area contributed by atoms with Crippen LogP contribution in [0.3, 0.4) is 0 Å². The molecule has 5 heteroatoms. The molecular formula is C15H19F2NO2. The fraction of sp³-hybridized carbons (Fsp3) is 0.533. The van der Waals surface area contributed by atoms with Gasteiger partial charge in [0.05, 0.1) is 18.1 Å². The van der Waals surface area contributed by atoms with Crippen molar-refractivity contribution in [2.75, 3.05) is 0 Å². The Bertz CT molecular complexity index is 493. The average Bonchev–Trinajstić information content (AvgIpc) is 2.83. The van der Waals surface area contributed by atoms with Crippen LogP contribution < -0.4 is 5.32 Å². The highest BCUT2D eigenvalue weighted by Gasteiger charge is 2.32. The molecule has 1 saturated carbocycles. The van der Waals surface area contributed by atoms with Gasteiger partial charge in [0.1, 0.15) is 11.6 Å². The summed E-state index contributed by atoms with van der Waals surface area (Å²) in [6.07, 6.45) is 1.97. The number of amides is 1. The lowest BCUT2D eigenvalue weighted by Crippen LogP contribution is -2.37. The minimum Gasteiger partial charge on any atom is -0.392 e. The second-order valence-electron chi connectivity index (χ2n) is 5.24. The van der Waals surface area contributed by atoms with E-state index in [-0.39, 0.29) is 11.5 Å². The Morgan fingerprint density at radius 2 is 2.20 bits per heavy atom. The maximum absolute atomic E-state index is 13.8. The molecule has 2 N–H and O–H groups in total. The molecule has 1 aromatic carbocycles. The molecule has 1 aliphatic rings. The average molecular weight is 283 g/mol. The van der Waals surface area contributed by atoms with Crippen molar-refractivity contribution >= 4 is 5.91 Å². The fourth-order valence-corrected chi connectivity index (χ4v) is 2.71. The molecule has 110 valence electrons. The molecule has 3 unspecified atom stereocenters. The van der Waals surface area contributed by atoms with Gasteiger partial charge in [0.25, 0.3) is 0 Å². The third-order valence-electron chi connectivity index (χ3n) is 3.88. The number of carbonyl (C=O) groups is 1. The molecule has 3 nitrogen and oxygen atoms in total. The van der Waals surface area contributed by atoms with Gasteiger partial charge in [0, 0.05) is 11.6 Å². The second kappa shape index (κ2) is 6.31. The van der Waals surface area contributed by atoms with Crippen molar-refractivity contribution in [3.8, 4) is 0 Å². The Morgan fingerprint density at radius 3 is 2.75 bits per heavy atom. The van der Waals surface area contributed by atoms with E-state index in [0.29, 0.717) is 19.3 Å². The number of hydrogen-bond acceptors (Lipinski definition) is 2. The van der Waals surface area contributed by atoms with E-state index in [1.165, 1.54) is 12.1 Å². The molecule has 1 aromatic rings. The van der Waals surface area contributed by atoms with Crippen molar-refractivity contribution in [3.05, 3.63) is 35.4 Å². The van der Waals surface area contributed by atoms with Gasteiger partial charge in [-0.15, -0.1) is 0 Å². The van der Waals surface area contributed by atoms with Crippen LogP contribution in [0.25, 0.3) is 0 Å². The van der Waals surface area contributed by atoms with Crippen LogP contribution >= 0.6 is 0 Å². The maximum atomic E-state index is 13.8. The monoisotopic (exact) mass is 283 g/mol. The molecule has 0 radical (unpaired) electrons. The standard InChI is InChI=1S/C15H19F2NO2/c1-2-13(10-7-6-9(16)8-12(10)17)18-15(20)11-4-3-5-14(11)19/h6-8,11,13-14,19H,2-5H2,1H3,(H,18,20). The molecule has 0 saturated heterocycles. The summed E-state index contributed by atoms with van der Waals surface area (Å²) in [6.45, 7) is 1.82. The minimum absolute atomic E-state index is 0.259. The lowest BCUT2D eigenvalue weighted by molar-refractivity contribution is -0.128. The van der Waals surface area contributed by atoms with E-state index in [0.717, 1.165) is 12.5 Å². The predicted molar refractivity (Wildman–Crippen MR) is 70.9 cm³/mol. The third-order valence-corrected chi connectivity index (χ3v) is 3.88. The number of carbonyl (C=O) groups excluding carboxylic acids is 1. The fourth-order valence-electron chi connectivity index (χ4n) is 2.71. The molecule has 1 aliphatic carbocycles. The van der Waals surface area contributed by atoms with Crippen LogP contribution in [0.4, 0.5) is 8.78 Å². The van der Waals surface area contributed by atoms with Crippen molar-refractivity contribution in [2.45, 2.75) is 44.8 Å². The smallest absolute Gasteiger partial charge is 0.226 e. The molecule has 1 amide bonds. The second-order valence-corrected chi connectivity index (χ2v) is 5.24. The zero-order valence-electron chi connectivity index (χ0n) is 11.4. The van der Waals surface area contributed by atoms with Gasteiger partial charge in [-0.25, -0.2) is 8.78 Å². The summed E-state index contributed by atoms with van der Waals surface area (Å²) in [6, 6.07) is 2.84. The summed E-state index contributed by atoms with van der Waals surface area (Å²) in [4.78, 5) is 12.1. The van der Waals surface area contributed by atoms with E-state index < -0.39 is 29.7 Å². The summed E-state index contributed by atoms with van der Waals surface area (Å²) >= 11 is 0. The number of halogens is 2.